The molecule has 36 heavy (non-hydrogen) atoms. The van der Waals surface area contributed by atoms with E-state index in [1.807, 2.05) is 48.5 Å². The third kappa shape index (κ3) is 5.85. The summed E-state index contributed by atoms with van der Waals surface area (Å²) in [5, 5.41) is 5.26. The maximum absolute atomic E-state index is 13.5. The van der Waals surface area contributed by atoms with E-state index >= 15 is 0 Å². The van der Waals surface area contributed by atoms with E-state index in [2.05, 4.69) is 73.2 Å². The number of fused-ring (bicyclic) bond motifs is 1. The summed E-state index contributed by atoms with van der Waals surface area (Å²) in [5.74, 6) is 1.86. The van der Waals surface area contributed by atoms with Crippen LogP contribution in [0.15, 0.2) is 75.0 Å². The molecule has 1 aliphatic carbocycles. The zero-order chi connectivity index (χ0) is 25.1. The van der Waals surface area contributed by atoms with E-state index in [1.165, 1.54) is 11.1 Å². The van der Waals surface area contributed by atoms with Crippen LogP contribution in [0.5, 0.6) is 5.75 Å². The fourth-order valence-corrected chi connectivity index (χ4v) is 7.04. The van der Waals surface area contributed by atoms with Gasteiger partial charge in [-0.05, 0) is 99.5 Å². The number of halogens is 3. The molecule has 8 heteroatoms. The van der Waals surface area contributed by atoms with Crippen LogP contribution in [0.2, 0.25) is 0 Å². The van der Waals surface area contributed by atoms with Gasteiger partial charge in [0.25, 0.3) is 5.56 Å². The van der Waals surface area contributed by atoms with Gasteiger partial charge in [0.05, 0.1) is 24.3 Å². The summed E-state index contributed by atoms with van der Waals surface area (Å²) >= 11 is 8.07. The zero-order valence-electron chi connectivity index (χ0n) is 19.5. The van der Waals surface area contributed by atoms with Crippen LogP contribution in [0, 0.1) is 7.14 Å². The van der Waals surface area contributed by atoms with Crippen molar-refractivity contribution in [2.24, 2.45) is 5.10 Å². The van der Waals surface area contributed by atoms with E-state index < -0.39 is 0 Å². The van der Waals surface area contributed by atoms with E-state index in [9.17, 15) is 4.79 Å². The molecule has 0 spiro atoms. The fourth-order valence-electron chi connectivity index (χ4n) is 4.55. The number of ether oxygens (including phenoxy) is 1. The Bertz CT molecular complexity index is 1460. The second-order valence-electron chi connectivity index (χ2n) is 8.92. The lowest BCUT2D eigenvalue weighted by molar-refractivity contribution is 0.302. The minimum absolute atomic E-state index is 0.134. The molecule has 1 fully saturated rings. The molecule has 5 rings (SSSR count). The molecule has 0 aliphatic heterocycles. The Kier molecular flexibility index (Phi) is 8.42. The molecule has 3 aromatic carbocycles. The van der Waals surface area contributed by atoms with Crippen LogP contribution in [0.3, 0.4) is 0 Å². The van der Waals surface area contributed by atoms with Crippen molar-refractivity contribution in [3.8, 4) is 5.75 Å². The molecule has 184 valence electrons. The van der Waals surface area contributed by atoms with Gasteiger partial charge in [0.2, 0.25) is 0 Å². The van der Waals surface area contributed by atoms with Crippen molar-refractivity contribution in [1.82, 2.24) is 9.66 Å². The highest BCUT2D eigenvalue weighted by Crippen LogP contribution is 2.32. The number of nitrogens with zero attached hydrogens (tertiary/aromatic N) is 3. The molecule has 5 nitrogen and oxygen atoms in total. The van der Waals surface area contributed by atoms with Gasteiger partial charge in [-0.1, -0.05) is 65.5 Å². The third-order valence-corrected chi connectivity index (χ3v) is 8.47. The standard InChI is InChI=1S/C28H24BrI2N3O2/c29-21-11-12-25-22(15-21)28(35)34(27(33-25)20-9-5-2-6-10-20)32-16-19-13-23(30)26(24(31)14-19)36-17-18-7-3-1-4-8-18/h1,3-4,7-8,11-16,20H,2,5-6,9-10,17H2. The topological polar surface area (TPSA) is 56.5 Å². The molecule has 4 aromatic rings. The lowest BCUT2D eigenvalue weighted by atomic mass is 9.88. The van der Waals surface area contributed by atoms with Gasteiger partial charge in [0, 0.05) is 10.4 Å². The summed E-state index contributed by atoms with van der Waals surface area (Å²) in [4.78, 5) is 18.5. The number of benzene rings is 3. The van der Waals surface area contributed by atoms with Crippen LogP contribution in [0.25, 0.3) is 10.9 Å². The molecular formula is C28H24BrI2N3O2. The van der Waals surface area contributed by atoms with Gasteiger partial charge in [-0.25, -0.2) is 4.98 Å². The summed E-state index contributed by atoms with van der Waals surface area (Å²) in [6.45, 7) is 0.513. The summed E-state index contributed by atoms with van der Waals surface area (Å²) in [6.07, 6.45) is 7.37. The Morgan fingerprint density at radius 2 is 1.75 bits per heavy atom. The molecule has 1 heterocycles. The highest BCUT2D eigenvalue weighted by Gasteiger charge is 2.22. The fraction of sp³-hybridized carbons (Fsp3) is 0.250. The first-order valence-electron chi connectivity index (χ1n) is 11.9. The zero-order valence-corrected chi connectivity index (χ0v) is 25.4. The quantitative estimate of drug-likeness (QED) is 0.148. The second-order valence-corrected chi connectivity index (χ2v) is 12.2. The summed E-state index contributed by atoms with van der Waals surface area (Å²) in [5.41, 5.74) is 2.62. The van der Waals surface area contributed by atoms with Crippen molar-refractivity contribution in [2.45, 2.75) is 44.6 Å². The van der Waals surface area contributed by atoms with Crippen LogP contribution in [-0.2, 0) is 6.61 Å². The normalized spacial score (nSPS) is 14.5. The maximum atomic E-state index is 13.5. The molecule has 0 saturated heterocycles. The highest BCUT2D eigenvalue weighted by molar-refractivity contribution is 14.1. The van der Waals surface area contributed by atoms with Gasteiger partial charge < -0.3 is 4.74 Å². The molecule has 0 radical (unpaired) electrons. The van der Waals surface area contributed by atoms with Crippen LogP contribution in [0.4, 0.5) is 0 Å². The molecule has 0 unspecified atom stereocenters. The van der Waals surface area contributed by atoms with Gasteiger partial charge in [0.15, 0.2) is 0 Å². The van der Waals surface area contributed by atoms with Gasteiger partial charge in [-0.15, -0.1) is 0 Å². The van der Waals surface area contributed by atoms with Crippen LogP contribution in [-0.4, -0.2) is 15.9 Å². The largest absolute Gasteiger partial charge is 0.487 e. The summed E-state index contributed by atoms with van der Waals surface area (Å²) in [7, 11) is 0. The van der Waals surface area contributed by atoms with Crippen LogP contribution in [0.1, 0.15) is 55.0 Å². The molecule has 1 saturated carbocycles. The lowest BCUT2D eigenvalue weighted by Gasteiger charge is -2.22. The summed E-state index contributed by atoms with van der Waals surface area (Å²) < 4.78 is 10.5. The first-order chi connectivity index (χ1) is 17.5. The van der Waals surface area contributed by atoms with Crippen molar-refractivity contribution in [3.05, 3.63) is 99.6 Å². The number of hydrogen-bond acceptors (Lipinski definition) is 4. The van der Waals surface area contributed by atoms with Crippen molar-refractivity contribution < 1.29 is 4.74 Å². The SMILES string of the molecule is O=c1c2cc(Br)ccc2nc(C2CCCCC2)n1N=Cc1cc(I)c(OCc2ccccc2)c(I)c1. The molecular weight excluding hydrogens is 744 g/mol. The van der Waals surface area contributed by atoms with Crippen LogP contribution >= 0.6 is 61.1 Å². The van der Waals surface area contributed by atoms with Gasteiger partial charge in [0.1, 0.15) is 18.2 Å². The molecule has 0 bridgehead atoms. The smallest absolute Gasteiger partial charge is 0.282 e. The van der Waals surface area contributed by atoms with E-state index in [0.29, 0.717) is 12.0 Å². The molecule has 1 aliphatic rings. The minimum atomic E-state index is -0.134. The first kappa shape index (κ1) is 25.8. The van der Waals surface area contributed by atoms with Crippen molar-refractivity contribution in [3.63, 3.8) is 0 Å². The average molecular weight is 768 g/mol. The van der Waals surface area contributed by atoms with Crippen molar-refractivity contribution in [2.75, 3.05) is 0 Å². The molecule has 1 aromatic heterocycles. The Hall–Kier alpha value is -1.79. The van der Waals surface area contributed by atoms with E-state index in [4.69, 9.17) is 14.8 Å². The first-order valence-corrected chi connectivity index (χ1v) is 14.9. The molecule has 0 atom stereocenters. The number of hydrogen-bond donors (Lipinski definition) is 0. The Labute approximate surface area is 245 Å². The van der Waals surface area contributed by atoms with Gasteiger partial charge in [-0.3, -0.25) is 4.79 Å². The Morgan fingerprint density at radius 3 is 2.47 bits per heavy atom. The van der Waals surface area contributed by atoms with Crippen molar-refractivity contribution >= 4 is 78.2 Å². The van der Waals surface area contributed by atoms with Gasteiger partial charge in [-0.2, -0.15) is 9.78 Å². The Morgan fingerprint density at radius 1 is 1.03 bits per heavy atom. The monoisotopic (exact) mass is 767 g/mol. The van der Waals surface area contributed by atoms with E-state index in [1.54, 1.807) is 6.21 Å². The lowest BCUT2D eigenvalue weighted by Crippen LogP contribution is -2.25. The van der Waals surface area contributed by atoms with E-state index in [-0.39, 0.29) is 11.5 Å². The minimum Gasteiger partial charge on any atom is -0.487 e. The predicted molar refractivity (Wildman–Crippen MR) is 165 cm³/mol. The maximum Gasteiger partial charge on any atom is 0.282 e. The second kappa shape index (κ2) is 11.7. The number of rotatable bonds is 6. The summed E-state index contributed by atoms with van der Waals surface area (Å²) in [6, 6.07) is 19.9. The van der Waals surface area contributed by atoms with Crippen LogP contribution < -0.4 is 10.3 Å². The average Bonchev–Trinajstić information content (AvgIpc) is 2.89. The highest BCUT2D eigenvalue weighted by atomic mass is 127. The molecule has 0 amide bonds. The van der Waals surface area contributed by atoms with Crippen molar-refractivity contribution in [1.29, 1.82) is 0 Å². The van der Waals surface area contributed by atoms with E-state index in [0.717, 1.165) is 65.5 Å². The molecule has 0 N–H and O–H groups in total. The Balaban J connectivity index is 1.48. The third-order valence-electron chi connectivity index (χ3n) is 6.37. The number of aromatic nitrogens is 2. The van der Waals surface area contributed by atoms with Gasteiger partial charge >= 0.3 is 0 Å². The predicted octanol–water partition coefficient (Wildman–Crippen LogP) is 7.88.